The fraction of sp³-hybridized carbons (Fsp3) is 0.231. The van der Waals surface area contributed by atoms with Crippen LogP contribution in [0.15, 0.2) is 36.7 Å². The lowest BCUT2D eigenvalue weighted by molar-refractivity contribution is 0.871. The molecule has 3 nitrogen and oxygen atoms in total. The largest absolute Gasteiger partial charge is 0.325 e. The zero-order valence-corrected chi connectivity index (χ0v) is 10.2. The second-order valence-corrected chi connectivity index (χ2v) is 4.27. The van der Waals surface area contributed by atoms with E-state index in [1.807, 2.05) is 30.3 Å². The third-order valence-corrected chi connectivity index (χ3v) is 2.82. The van der Waals surface area contributed by atoms with Crippen molar-refractivity contribution in [3.05, 3.63) is 58.6 Å². The molecule has 2 rings (SSSR count). The van der Waals surface area contributed by atoms with Crippen LogP contribution in [0.1, 0.15) is 17.0 Å². The first-order valence-corrected chi connectivity index (χ1v) is 5.90. The number of aryl methyl sites for hydroxylation is 2. The minimum absolute atomic E-state index is 0.455. The lowest BCUT2D eigenvalue weighted by Crippen LogP contribution is -2.03. The van der Waals surface area contributed by atoms with Crippen molar-refractivity contribution in [3.63, 3.8) is 0 Å². The molecule has 2 N–H and O–H groups in total. The summed E-state index contributed by atoms with van der Waals surface area (Å²) in [4.78, 5) is 8.30. The quantitative estimate of drug-likeness (QED) is 0.903. The molecule has 2 aromatic rings. The molecule has 0 aliphatic rings. The van der Waals surface area contributed by atoms with Gasteiger partial charge in [-0.05, 0) is 36.6 Å². The van der Waals surface area contributed by atoms with E-state index in [4.69, 9.17) is 17.3 Å². The zero-order chi connectivity index (χ0) is 12.1. The molecule has 0 unspecified atom stereocenters. The lowest BCUT2D eigenvalue weighted by atomic mass is 10.1. The fourth-order valence-electron chi connectivity index (χ4n) is 1.62. The van der Waals surface area contributed by atoms with E-state index >= 15 is 0 Å². The van der Waals surface area contributed by atoms with Gasteiger partial charge in [0, 0.05) is 17.3 Å². The summed E-state index contributed by atoms with van der Waals surface area (Å²) in [6, 6.07) is 9.83. The number of nitrogens with zero attached hydrogens (tertiary/aromatic N) is 2. The first-order chi connectivity index (χ1) is 8.28. The molecule has 0 atom stereocenters. The van der Waals surface area contributed by atoms with Gasteiger partial charge in [0.2, 0.25) is 0 Å². The zero-order valence-electron chi connectivity index (χ0n) is 9.44. The molecule has 0 radical (unpaired) electrons. The molecule has 0 aliphatic heterocycles. The number of benzene rings is 1. The van der Waals surface area contributed by atoms with Gasteiger partial charge in [0.05, 0.1) is 5.69 Å². The molecule has 0 spiro atoms. The van der Waals surface area contributed by atoms with E-state index in [1.54, 1.807) is 6.33 Å². The Balaban J connectivity index is 1.99. The van der Waals surface area contributed by atoms with Gasteiger partial charge in [-0.2, -0.15) is 0 Å². The first-order valence-electron chi connectivity index (χ1n) is 5.52. The van der Waals surface area contributed by atoms with Crippen LogP contribution in [0.2, 0.25) is 5.02 Å². The van der Waals surface area contributed by atoms with Crippen LogP contribution in [0.25, 0.3) is 0 Å². The van der Waals surface area contributed by atoms with Crippen molar-refractivity contribution in [3.8, 4) is 0 Å². The summed E-state index contributed by atoms with van der Waals surface area (Å²) < 4.78 is 0. The Bertz CT molecular complexity index is 482. The van der Waals surface area contributed by atoms with Gasteiger partial charge >= 0.3 is 0 Å². The molecule has 4 heteroatoms. The summed E-state index contributed by atoms with van der Waals surface area (Å²) in [5.41, 5.74) is 8.69. The molecule has 1 aromatic carbocycles. The average molecular weight is 248 g/mol. The normalized spacial score (nSPS) is 10.5. The summed E-state index contributed by atoms with van der Waals surface area (Å²) in [6.45, 7) is 0.455. The number of aromatic nitrogens is 2. The highest BCUT2D eigenvalue weighted by molar-refractivity contribution is 6.30. The molecule has 0 saturated carbocycles. The van der Waals surface area contributed by atoms with Gasteiger partial charge in [0.25, 0.3) is 0 Å². The molecule has 0 fully saturated rings. The van der Waals surface area contributed by atoms with Crippen LogP contribution >= 0.6 is 11.6 Å². The molecule has 1 heterocycles. The van der Waals surface area contributed by atoms with Crippen LogP contribution in [0.4, 0.5) is 0 Å². The van der Waals surface area contributed by atoms with Crippen LogP contribution < -0.4 is 5.73 Å². The van der Waals surface area contributed by atoms with Crippen molar-refractivity contribution in [2.45, 2.75) is 19.4 Å². The van der Waals surface area contributed by atoms with E-state index in [2.05, 4.69) is 9.97 Å². The van der Waals surface area contributed by atoms with Crippen molar-refractivity contribution in [1.29, 1.82) is 0 Å². The first kappa shape index (κ1) is 12.0. The van der Waals surface area contributed by atoms with Gasteiger partial charge in [-0.15, -0.1) is 0 Å². The van der Waals surface area contributed by atoms with Crippen molar-refractivity contribution >= 4 is 11.6 Å². The average Bonchev–Trinajstić information content (AvgIpc) is 2.38. The molecule has 0 saturated heterocycles. The lowest BCUT2D eigenvalue weighted by Gasteiger charge is -2.03. The van der Waals surface area contributed by atoms with Gasteiger partial charge < -0.3 is 5.73 Å². The van der Waals surface area contributed by atoms with Crippen molar-refractivity contribution in [2.24, 2.45) is 5.73 Å². The van der Waals surface area contributed by atoms with E-state index in [-0.39, 0.29) is 0 Å². The van der Waals surface area contributed by atoms with Crippen LogP contribution in [0, 0.1) is 0 Å². The van der Waals surface area contributed by atoms with Crippen LogP contribution in [-0.4, -0.2) is 9.97 Å². The van der Waals surface area contributed by atoms with E-state index in [1.165, 1.54) is 5.56 Å². The van der Waals surface area contributed by atoms with Crippen LogP contribution in [0.3, 0.4) is 0 Å². The standard InChI is InChI=1S/C13H14ClN3/c14-11-4-1-10(2-5-11)3-6-12-7-13(8-15)17-9-16-12/h1-2,4-5,7,9H,3,6,8,15H2. The van der Waals surface area contributed by atoms with E-state index < -0.39 is 0 Å². The summed E-state index contributed by atoms with van der Waals surface area (Å²) in [5.74, 6) is 0. The Morgan fingerprint density at radius 1 is 1.00 bits per heavy atom. The van der Waals surface area contributed by atoms with Gasteiger partial charge in [-0.1, -0.05) is 23.7 Å². The van der Waals surface area contributed by atoms with E-state index in [0.717, 1.165) is 29.3 Å². The number of hydrogen-bond acceptors (Lipinski definition) is 3. The van der Waals surface area contributed by atoms with Crippen LogP contribution in [-0.2, 0) is 19.4 Å². The molecule has 1 aromatic heterocycles. The highest BCUT2D eigenvalue weighted by atomic mass is 35.5. The number of hydrogen-bond donors (Lipinski definition) is 1. The number of rotatable bonds is 4. The highest BCUT2D eigenvalue weighted by Gasteiger charge is 1.99. The SMILES string of the molecule is NCc1cc(CCc2ccc(Cl)cc2)ncn1. The Kier molecular flexibility index (Phi) is 4.07. The maximum absolute atomic E-state index is 5.83. The molecule has 0 aliphatic carbocycles. The minimum atomic E-state index is 0.455. The van der Waals surface area contributed by atoms with E-state index in [0.29, 0.717) is 6.54 Å². The van der Waals surface area contributed by atoms with E-state index in [9.17, 15) is 0 Å². The number of nitrogens with two attached hydrogens (primary N) is 1. The maximum atomic E-state index is 5.83. The predicted octanol–water partition coefficient (Wildman–Crippen LogP) is 2.37. The van der Waals surface area contributed by atoms with Gasteiger partial charge in [0.15, 0.2) is 0 Å². The Hall–Kier alpha value is -1.45. The summed E-state index contributed by atoms with van der Waals surface area (Å²) >= 11 is 5.83. The smallest absolute Gasteiger partial charge is 0.115 e. The monoisotopic (exact) mass is 247 g/mol. The Labute approximate surface area is 106 Å². The molecular weight excluding hydrogens is 234 g/mol. The fourth-order valence-corrected chi connectivity index (χ4v) is 1.74. The second kappa shape index (κ2) is 5.75. The maximum Gasteiger partial charge on any atom is 0.115 e. The van der Waals surface area contributed by atoms with Crippen LogP contribution in [0.5, 0.6) is 0 Å². The summed E-state index contributed by atoms with van der Waals surface area (Å²) in [6.07, 6.45) is 3.40. The van der Waals surface area contributed by atoms with Crippen molar-refractivity contribution in [2.75, 3.05) is 0 Å². The van der Waals surface area contributed by atoms with Gasteiger partial charge in [0.1, 0.15) is 6.33 Å². The predicted molar refractivity (Wildman–Crippen MR) is 68.8 cm³/mol. The third kappa shape index (κ3) is 3.51. The van der Waals surface area contributed by atoms with Gasteiger partial charge in [-0.25, -0.2) is 9.97 Å². The molecular formula is C13H14ClN3. The summed E-state index contributed by atoms with van der Waals surface area (Å²) in [7, 11) is 0. The molecule has 0 amide bonds. The Morgan fingerprint density at radius 3 is 2.41 bits per heavy atom. The van der Waals surface area contributed by atoms with Crippen molar-refractivity contribution < 1.29 is 0 Å². The minimum Gasteiger partial charge on any atom is -0.325 e. The van der Waals surface area contributed by atoms with Crippen molar-refractivity contribution in [1.82, 2.24) is 9.97 Å². The second-order valence-electron chi connectivity index (χ2n) is 3.83. The molecule has 17 heavy (non-hydrogen) atoms. The molecule has 0 bridgehead atoms. The van der Waals surface area contributed by atoms with Gasteiger partial charge in [-0.3, -0.25) is 0 Å². The summed E-state index contributed by atoms with van der Waals surface area (Å²) in [5, 5.41) is 0.765. The Morgan fingerprint density at radius 2 is 1.71 bits per heavy atom. The number of halogens is 1. The third-order valence-electron chi connectivity index (χ3n) is 2.57. The highest BCUT2D eigenvalue weighted by Crippen LogP contribution is 2.11. The molecule has 88 valence electrons. The topological polar surface area (TPSA) is 51.8 Å².